The summed E-state index contributed by atoms with van der Waals surface area (Å²) in [6.45, 7) is 2.41. The van der Waals surface area contributed by atoms with Crippen LogP contribution in [-0.2, 0) is 4.79 Å². The second kappa shape index (κ2) is 6.59. The number of halogens is 1. The molecule has 0 aromatic heterocycles. The van der Waals surface area contributed by atoms with E-state index < -0.39 is 0 Å². The van der Waals surface area contributed by atoms with Crippen LogP contribution in [0, 0.1) is 5.41 Å². The Kier molecular flexibility index (Phi) is 5.06. The number of carbonyl (C=O) groups is 1. The zero-order valence-corrected chi connectivity index (χ0v) is 12.7. The van der Waals surface area contributed by atoms with Crippen LogP contribution in [0.2, 0.25) is 5.02 Å². The lowest BCUT2D eigenvalue weighted by atomic mass is 9.73. The van der Waals surface area contributed by atoms with Gasteiger partial charge >= 0.3 is 0 Å². The van der Waals surface area contributed by atoms with Gasteiger partial charge in [0.15, 0.2) is 0 Å². The topological polar surface area (TPSA) is 55.1 Å². The van der Waals surface area contributed by atoms with Crippen molar-refractivity contribution >= 4 is 17.5 Å². The van der Waals surface area contributed by atoms with Crippen molar-refractivity contribution in [2.75, 3.05) is 6.54 Å². The Morgan fingerprint density at radius 2 is 2.10 bits per heavy atom. The van der Waals surface area contributed by atoms with Crippen molar-refractivity contribution in [3.63, 3.8) is 0 Å². The van der Waals surface area contributed by atoms with E-state index in [-0.39, 0.29) is 17.4 Å². The van der Waals surface area contributed by atoms with Crippen molar-refractivity contribution in [2.24, 2.45) is 11.1 Å². The van der Waals surface area contributed by atoms with Gasteiger partial charge in [0, 0.05) is 11.6 Å². The van der Waals surface area contributed by atoms with Crippen molar-refractivity contribution in [2.45, 2.75) is 45.1 Å². The Morgan fingerprint density at radius 3 is 2.70 bits per heavy atom. The summed E-state index contributed by atoms with van der Waals surface area (Å²) < 4.78 is 0. The van der Waals surface area contributed by atoms with Crippen LogP contribution < -0.4 is 11.1 Å². The molecular formula is C16H23ClN2O. The highest BCUT2D eigenvalue weighted by Gasteiger charge is 2.38. The van der Waals surface area contributed by atoms with E-state index >= 15 is 0 Å². The SMILES string of the molecule is CC(NC(=O)C1(CN)CCCCC1)c1cccc(Cl)c1. The largest absolute Gasteiger partial charge is 0.349 e. The van der Waals surface area contributed by atoms with Gasteiger partial charge in [0.25, 0.3) is 0 Å². The minimum absolute atomic E-state index is 0.0495. The Morgan fingerprint density at radius 1 is 1.40 bits per heavy atom. The van der Waals surface area contributed by atoms with Gasteiger partial charge in [-0.25, -0.2) is 0 Å². The lowest BCUT2D eigenvalue weighted by Gasteiger charge is -2.35. The summed E-state index contributed by atoms with van der Waals surface area (Å²) >= 11 is 6.00. The Balaban J connectivity index is 2.06. The molecule has 4 heteroatoms. The molecule has 1 amide bonds. The molecule has 0 radical (unpaired) electrons. The Hall–Kier alpha value is -1.06. The number of hydrogen-bond acceptors (Lipinski definition) is 2. The van der Waals surface area contributed by atoms with E-state index in [1.54, 1.807) is 0 Å². The minimum atomic E-state index is -0.370. The third kappa shape index (κ3) is 3.33. The fraction of sp³-hybridized carbons (Fsp3) is 0.562. The Labute approximate surface area is 125 Å². The van der Waals surface area contributed by atoms with E-state index in [9.17, 15) is 4.79 Å². The maximum Gasteiger partial charge on any atom is 0.227 e. The number of amides is 1. The van der Waals surface area contributed by atoms with E-state index in [0.29, 0.717) is 11.6 Å². The number of benzene rings is 1. The smallest absolute Gasteiger partial charge is 0.227 e. The van der Waals surface area contributed by atoms with Crippen LogP contribution in [0.1, 0.15) is 50.6 Å². The zero-order chi connectivity index (χ0) is 14.6. The maximum atomic E-state index is 12.6. The van der Waals surface area contributed by atoms with E-state index in [1.807, 2.05) is 31.2 Å². The van der Waals surface area contributed by atoms with Crippen molar-refractivity contribution in [1.82, 2.24) is 5.32 Å². The quantitative estimate of drug-likeness (QED) is 0.894. The van der Waals surface area contributed by atoms with Crippen LogP contribution in [0.5, 0.6) is 0 Å². The molecular weight excluding hydrogens is 272 g/mol. The molecule has 1 unspecified atom stereocenters. The molecule has 3 nitrogen and oxygen atoms in total. The van der Waals surface area contributed by atoms with E-state index in [1.165, 1.54) is 6.42 Å². The van der Waals surface area contributed by atoms with Gasteiger partial charge in [0.1, 0.15) is 0 Å². The summed E-state index contributed by atoms with van der Waals surface area (Å²) in [7, 11) is 0. The van der Waals surface area contributed by atoms with Crippen molar-refractivity contribution in [3.8, 4) is 0 Å². The first-order valence-electron chi connectivity index (χ1n) is 7.34. The average Bonchev–Trinajstić information content (AvgIpc) is 2.47. The number of nitrogens with one attached hydrogen (secondary N) is 1. The summed E-state index contributed by atoms with van der Waals surface area (Å²) in [5.74, 6) is 0.0900. The van der Waals surface area contributed by atoms with Crippen LogP contribution in [0.25, 0.3) is 0 Å². The third-order valence-electron chi connectivity index (χ3n) is 4.38. The van der Waals surface area contributed by atoms with Gasteiger partial charge in [0.05, 0.1) is 11.5 Å². The highest BCUT2D eigenvalue weighted by atomic mass is 35.5. The summed E-state index contributed by atoms with van der Waals surface area (Å²) in [5.41, 5.74) is 6.55. The summed E-state index contributed by atoms with van der Waals surface area (Å²) in [6, 6.07) is 7.56. The molecule has 3 N–H and O–H groups in total. The van der Waals surface area contributed by atoms with Gasteiger partial charge in [-0.1, -0.05) is 43.0 Å². The van der Waals surface area contributed by atoms with Gasteiger partial charge < -0.3 is 11.1 Å². The highest BCUT2D eigenvalue weighted by molar-refractivity contribution is 6.30. The first-order chi connectivity index (χ1) is 9.57. The van der Waals surface area contributed by atoms with Gasteiger partial charge in [-0.05, 0) is 37.5 Å². The van der Waals surface area contributed by atoms with Crippen molar-refractivity contribution in [1.29, 1.82) is 0 Å². The van der Waals surface area contributed by atoms with Gasteiger partial charge in [-0.3, -0.25) is 4.79 Å². The molecule has 0 saturated heterocycles. The normalized spacial score (nSPS) is 19.4. The van der Waals surface area contributed by atoms with Crippen LogP contribution in [-0.4, -0.2) is 12.5 Å². The molecule has 110 valence electrons. The van der Waals surface area contributed by atoms with Crippen molar-refractivity contribution in [3.05, 3.63) is 34.9 Å². The second-order valence-electron chi connectivity index (χ2n) is 5.80. The number of carbonyl (C=O) groups excluding carboxylic acids is 1. The minimum Gasteiger partial charge on any atom is -0.349 e. The lowest BCUT2D eigenvalue weighted by Crippen LogP contribution is -2.47. The number of hydrogen-bond donors (Lipinski definition) is 2. The predicted octanol–water partition coefficient (Wildman–Crippen LogP) is 3.43. The summed E-state index contributed by atoms with van der Waals surface area (Å²) in [6.07, 6.45) is 5.19. The molecule has 0 aliphatic heterocycles. The molecule has 1 aliphatic carbocycles. The molecule has 1 fully saturated rings. The molecule has 0 bridgehead atoms. The average molecular weight is 295 g/mol. The molecule has 0 spiro atoms. The highest BCUT2D eigenvalue weighted by Crippen LogP contribution is 2.36. The van der Waals surface area contributed by atoms with Crippen LogP contribution >= 0.6 is 11.6 Å². The maximum absolute atomic E-state index is 12.6. The fourth-order valence-corrected chi connectivity index (χ4v) is 3.16. The first-order valence-corrected chi connectivity index (χ1v) is 7.72. The molecule has 1 atom stereocenters. The molecule has 20 heavy (non-hydrogen) atoms. The molecule has 0 heterocycles. The molecule has 1 saturated carbocycles. The molecule has 1 aromatic carbocycles. The Bertz CT molecular complexity index is 469. The zero-order valence-electron chi connectivity index (χ0n) is 12.0. The summed E-state index contributed by atoms with van der Waals surface area (Å²) in [5, 5.41) is 3.80. The van der Waals surface area contributed by atoms with Crippen LogP contribution in [0.3, 0.4) is 0 Å². The summed E-state index contributed by atoms with van der Waals surface area (Å²) in [4.78, 5) is 12.6. The predicted molar refractivity (Wildman–Crippen MR) is 82.6 cm³/mol. The van der Waals surface area contributed by atoms with E-state index in [4.69, 9.17) is 17.3 Å². The van der Waals surface area contributed by atoms with Gasteiger partial charge in [0.2, 0.25) is 5.91 Å². The van der Waals surface area contributed by atoms with E-state index in [2.05, 4.69) is 5.32 Å². The first kappa shape index (κ1) is 15.3. The number of rotatable bonds is 4. The second-order valence-corrected chi connectivity index (χ2v) is 6.23. The fourth-order valence-electron chi connectivity index (χ4n) is 2.96. The lowest BCUT2D eigenvalue weighted by molar-refractivity contribution is -0.133. The number of nitrogens with two attached hydrogens (primary N) is 1. The van der Waals surface area contributed by atoms with E-state index in [0.717, 1.165) is 31.2 Å². The van der Waals surface area contributed by atoms with Gasteiger partial charge in [-0.15, -0.1) is 0 Å². The van der Waals surface area contributed by atoms with Crippen molar-refractivity contribution < 1.29 is 4.79 Å². The van der Waals surface area contributed by atoms with Crippen LogP contribution in [0.4, 0.5) is 0 Å². The standard InChI is InChI=1S/C16H23ClN2O/c1-12(13-6-5-7-14(17)10-13)19-15(20)16(11-18)8-3-2-4-9-16/h5-7,10,12H,2-4,8-9,11,18H2,1H3,(H,19,20). The molecule has 1 aromatic rings. The monoisotopic (exact) mass is 294 g/mol. The molecule has 2 rings (SSSR count). The molecule has 1 aliphatic rings. The third-order valence-corrected chi connectivity index (χ3v) is 4.61. The van der Waals surface area contributed by atoms with Crippen LogP contribution in [0.15, 0.2) is 24.3 Å². The van der Waals surface area contributed by atoms with Gasteiger partial charge in [-0.2, -0.15) is 0 Å².